The Morgan fingerprint density at radius 2 is 2.09 bits per heavy atom. The van der Waals surface area contributed by atoms with Gasteiger partial charge in [-0.2, -0.15) is 0 Å². The summed E-state index contributed by atoms with van der Waals surface area (Å²) in [6.07, 6.45) is 5.09. The first-order valence-corrected chi connectivity index (χ1v) is 8.47. The number of piperidine rings is 1. The number of hydrogen-bond acceptors (Lipinski definition) is 3. The van der Waals surface area contributed by atoms with E-state index in [0.717, 1.165) is 63.4 Å². The van der Waals surface area contributed by atoms with Crippen molar-refractivity contribution in [3.63, 3.8) is 0 Å². The van der Waals surface area contributed by atoms with E-state index in [0.29, 0.717) is 11.8 Å². The Morgan fingerprint density at radius 1 is 1.26 bits per heavy atom. The van der Waals surface area contributed by atoms with Gasteiger partial charge in [-0.25, -0.2) is 0 Å². The normalized spacial score (nSPS) is 21.7. The van der Waals surface area contributed by atoms with Crippen molar-refractivity contribution in [2.45, 2.75) is 32.1 Å². The van der Waals surface area contributed by atoms with E-state index in [2.05, 4.69) is 16.3 Å². The summed E-state index contributed by atoms with van der Waals surface area (Å²) in [4.78, 5) is 14.6. The van der Waals surface area contributed by atoms with Gasteiger partial charge in [-0.15, -0.1) is 12.4 Å². The lowest BCUT2D eigenvalue weighted by Gasteiger charge is -2.39. The predicted molar refractivity (Wildman–Crippen MR) is 92.3 cm³/mol. The highest BCUT2D eigenvalue weighted by Crippen LogP contribution is 2.37. The van der Waals surface area contributed by atoms with Crippen molar-refractivity contribution in [3.05, 3.63) is 29.3 Å². The number of rotatable bonds is 2. The summed E-state index contributed by atoms with van der Waals surface area (Å²) in [5, 5.41) is 3.48. The number of amides is 1. The van der Waals surface area contributed by atoms with Gasteiger partial charge in [0.2, 0.25) is 5.91 Å². The highest BCUT2D eigenvalue weighted by Gasteiger charge is 2.37. The summed E-state index contributed by atoms with van der Waals surface area (Å²) in [5.41, 5.74) is 2.85. The number of nitrogens with zero attached hydrogens (tertiary/aromatic N) is 1. The number of carbonyl (C=O) groups excluding carboxylic acids is 1. The largest absolute Gasteiger partial charge is 0.493 e. The van der Waals surface area contributed by atoms with Gasteiger partial charge in [0.1, 0.15) is 5.75 Å². The van der Waals surface area contributed by atoms with Crippen LogP contribution in [-0.4, -0.2) is 43.6 Å². The maximum atomic E-state index is 12.6. The molecule has 0 unspecified atom stereocenters. The van der Waals surface area contributed by atoms with Gasteiger partial charge in [0.25, 0.3) is 0 Å². The molecule has 4 nitrogen and oxygen atoms in total. The van der Waals surface area contributed by atoms with Crippen LogP contribution < -0.4 is 10.1 Å². The van der Waals surface area contributed by atoms with E-state index in [4.69, 9.17) is 4.74 Å². The summed E-state index contributed by atoms with van der Waals surface area (Å²) in [6.45, 7) is 4.91. The smallest absolute Gasteiger partial charge is 0.226 e. The van der Waals surface area contributed by atoms with Gasteiger partial charge in [-0.1, -0.05) is 12.1 Å². The van der Waals surface area contributed by atoms with Gasteiger partial charge in [0, 0.05) is 26.1 Å². The lowest BCUT2D eigenvalue weighted by molar-refractivity contribution is -0.132. The van der Waals surface area contributed by atoms with Crippen molar-refractivity contribution in [2.75, 3.05) is 32.8 Å². The highest BCUT2D eigenvalue weighted by atomic mass is 35.5. The molecule has 3 aliphatic rings. The molecule has 126 valence electrons. The molecule has 2 saturated heterocycles. The van der Waals surface area contributed by atoms with Crippen molar-refractivity contribution in [3.8, 4) is 5.75 Å². The number of benzene rings is 1. The molecule has 23 heavy (non-hydrogen) atoms. The molecule has 0 atom stereocenters. The van der Waals surface area contributed by atoms with Gasteiger partial charge in [-0.3, -0.25) is 4.79 Å². The molecule has 0 radical (unpaired) electrons. The molecule has 5 heteroatoms. The van der Waals surface area contributed by atoms with Crippen LogP contribution in [0.1, 0.15) is 30.4 Å². The van der Waals surface area contributed by atoms with Gasteiger partial charge >= 0.3 is 0 Å². The Bertz CT molecular complexity index is 574. The lowest BCUT2D eigenvalue weighted by atomic mass is 9.78. The molecule has 3 aliphatic heterocycles. The van der Waals surface area contributed by atoms with Crippen LogP contribution in [0.3, 0.4) is 0 Å². The minimum atomic E-state index is 0. The van der Waals surface area contributed by atoms with Crippen molar-refractivity contribution in [1.82, 2.24) is 10.2 Å². The topological polar surface area (TPSA) is 41.6 Å². The van der Waals surface area contributed by atoms with E-state index in [1.54, 1.807) is 0 Å². The Kier molecular flexibility index (Phi) is 4.83. The Hall–Kier alpha value is -1.26. The molecule has 1 amide bonds. The highest BCUT2D eigenvalue weighted by molar-refractivity contribution is 5.85. The second kappa shape index (κ2) is 6.70. The summed E-state index contributed by atoms with van der Waals surface area (Å²) >= 11 is 0. The molecule has 1 spiro atoms. The van der Waals surface area contributed by atoms with Crippen LogP contribution in [0.15, 0.2) is 18.2 Å². The fourth-order valence-electron chi connectivity index (χ4n) is 4.09. The molecule has 2 fully saturated rings. The average Bonchev–Trinajstić information content (AvgIpc) is 3.17. The fraction of sp³-hybridized carbons (Fsp3) is 0.611. The third-order valence-electron chi connectivity index (χ3n) is 5.62. The monoisotopic (exact) mass is 336 g/mol. The summed E-state index contributed by atoms with van der Waals surface area (Å²) in [7, 11) is 0. The van der Waals surface area contributed by atoms with Crippen LogP contribution in [0.25, 0.3) is 0 Å². The maximum Gasteiger partial charge on any atom is 0.226 e. The van der Waals surface area contributed by atoms with Gasteiger partial charge < -0.3 is 15.0 Å². The van der Waals surface area contributed by atoms with Gasteiger partial charge in [0.15, 0.2) is 0 Å². The fourth-order valence-corrected chi connectivity index (χ4v) is 4.09. The minimum absolute atomic E-state index is 0. The predicted octanol–water partition coefficient (Wildman–Crippen LogP) is 2.19. The van der Waals surface area contributed by atoms with Crippen LogP contribution in [0.2, 0.25) is 0 Å². The number of halogens is 1. The third-order valence-corrected chi connectivity index (χ3v) is 5.62. The van der Waals surface area contributed by atoms with E-state index in [9.17, 15) is 4.79 Å². The molecule has 1 aromatic carbocycles. The zero-order chi connectivity index (χ0) is 15.0. The standard InChI is InChI=1S/C18H24N2O2.ClH/c21-17(12-14-1-2-16-15(11-14)3-10-22-16)20-8-5-18(6-9-20)4-7-19-13-18;/h1-2,11,19H,3-10,12-13H2;1H. The number of nitrogens with one attached hydrogen (secondary N) is 1. The van der Waals surface area contributed by atoms with Gasteiger partial charge in [-0.05, 0) is 48.4 Å². The van der Waals surface area contributed by atoms with Crippen LogP contribution in [-0.2, 0) is 17.6 Å². The second-order valence-electron chi connectivity index (χ2n) is 7.02. The molecule has 0 aliphatic carbocycles. The Morgan fingerprint density at radius 3 is 2.83 bits per heavy atom. The first-order chi connectivity index (χ1) is 10.7. The molecule has 3 heterocycles. The number of hydrogen-bond donors (Lipinski definition) is 1. The van der Waals surface area contributed by atoms with Crippen molar-refractivity contribution >= 4 is 18.3 Å². The molecular weight excluding hydrogens is 312 g/mol. The number of fused-ring (bicyclic) bond motifs is 1. The summed E-state index contributed by atoms with van der Waals surface area (Å²) < 4.78 is 5.53. The van der Waals surface area contributed by atoms with Crippen LogP contribution >= 0.6 is 12.4 Å². The lowest BCUT2D eigenvalue weighted by Crippen LogP contribution is -2.44. The molecule has 1 aromatic rings. The Labute approximate surface area is 144 Å². The molecular formula is C18H25ClN2O2. The first-order valence-electron chi connectivity index (χ1n) is 8.47. The van der Waals surface area contributed by atoms with Crippen LogP contribution in [0.5, 0.6) is 5.75 Å². The molecule has 1 N–H and O–H groups in total. The van der Waals surface area contributed by atoms with Crippen LogP contribution in [0, 0.1) is 5.41 Å². The van der Waals surface area contributed by atoms with Crippen molar-refractivity contribution in [2.24, 2.45) is 5.41 Å². The second-order valence-corrected chi connectivity index (χ2v) is 7.02. The van der Waals surface area contributed by atoms with Crippen molar-refractivity contribution < 1.29 is 9.53 Å². The summed E-state index contributed by atoms with van der Waals surface area (Å²) in [5.74, 6) is 1.27. The Balaban J connectivity index is 0.00000156. The number of ether oxygens (including phenoxy) is 1. The summed E-state index contributed by atoms with van der Waals surface area (Å²) in [6, 6.07) is 6.20. The van der Waals surface area contributed by atoms with E-state index in [1.165, 1.54) is 12.0 Å². The molecule has 4 rings (SSSR count). The average molecular weight is 337 g/mol. The number of likely N-dealkylation sites (tertiary alicyclic amines) is 1. The SMILES string of the molecule is Cl.O=C(Cc1ccc2c(c1)CCO2)N1CCC2(CCNC2)CC1. The van der Waals surface area contributed by atoms with E-state index < -0.39 is 0 Å². The molecule has 0 aromatic heterocycles. The van der Waals surface area contributed by atoms with Crippen molar-refractivity contribution in [1.29, 1.82) is 0 Å². The number of carbonyl (C=O) groups is 1. The van der Waals surface area contributed by atoms with E-state index in [1.807, 2.05) is 12.1 Å². The van der Waals surface area contributed by atoms with Crippen LogP contribution in [0.4, 0.5) is 0 Å². The third kappa shape index (κ3) is 3.33. The first kappa shape index (κ1) is 16.6. The minimum Gasteiger partial charge on any atom is -0.493 e. The maximum absolute atomic E-state index is 12.6. The van der Waals surface area contributed by atoms with E-state index >= 15 is 0 Å². The molecule has 0 bridgehead atoms. The molecule has 0 saturated carbocycles. The van der Waals surface area contributed by atoms with E-state index in [-0.39, 0.29) is 18.3 Å². The zero-order valence-corrected chi connectivity index (χ0v) is 14.3. The van der Waals surface area contributed by atoms with Gasteiger partial charge in [0.05, 0.1) is 13.0 Å². The zero-order valence-electron chi connectivity index (χ0n) is 13.5. The quantitative estimate of drug-likeness (QED) is 0.900.